The zero-order chi connectivity index (χ0) is 15.0. The average molecular weight is 298 g/mol. The van der Waals surface area contributed by atoms with Gasteiger partial charge in [-0.1, -0.05) is 29.8 Å². The van der Waals surface area contributed by atoms with Crippen molar-refractivity contribution in [2.75, 3.05) is 0 Å². The molecule has 0 atom stereocenters. The smallest absolute Gasteiger partial charge is 0.262 e. The molecule has 0 aliphatic carbocycles. The molecule has 2 heterocycles. The minimum Gasteiger partial charge on any atom is -0.493 e. The molecule has 5 heteroatoms. The zero-order valence-corrected chi connectivity index (χ0v) is 12.5. The largest absolute Gasteiger partial charge is 0.493 e. The molecule has 0 amide bonds. The van der Waals surface area contributed by atoms with Crippen LogP contribution in [0.2, 0.25) is 0 Å². The van der Waals surface area contributed by atoms with Crippen LogP contribution < -0.4 is 5.56 Å². The second kappa shape index (κ2) is 5.18. The Morgan fingerprint density at radius 1 is 1.14 bits per heavy atom. The van der Waals surface area contributed by atoms with Crippen molar-refractivity contribution in [2.24, 2.45) is 0 Å². The Bertz CT molecular complexity index is 847. The van der Waals surface area contributed by atoms with Crippen molar-refractivity contribution < 1.29 is 5.11 Å². The Morgan fingerprint density at radius 3 is 2.43 bits per heavy atom. The van der Waals surface area contributed by atoms with Crippen LogP contribution >= 0.6 is 11.3 Å². The van der Waals surface area contributed by atoms with Crippen molar-refractivity contribution in [2.45, 2.75) is 13.8 Å². The summed E-state index contributed by atoms with van der Waals surface area (Å²) in [6.07, 6.45) is 0. The maximum absolute atomic E-state index is 12.3. The molecule has 3 aromatic rings. The fourth-order valence-corrected chi connectivity index (χ4v) is 3.01. The van der Waals surface area contributed by atoms with Crippen LogP contribution in [0.3, 0.4) is 0 Å². The summed E-state index contributed by atoms with van der Waals surface area (Å²) in [6, 6.07) is 7.39. The molecular formula is C16H14N2O2S. The van der Waals surface area contributed by atoms with E-state index >= 15 is 0 Å². The third-order valence-corrected chi connectivity index (χ3v) is 4.21. The first-order valence-electron chi connectivity index (χ1n) is 6.50. The molecule has 3 rings (SSSR count). The van der Waals surface area contributed by atoms with E-state index in [2.05, 4.69) is 9.97 Å². The van der Waals surface area contributed by atoms with E-state index in [1.165, 1.54) is 11.3 Å². The number of nitrogens with zero attached hydrogens (tertiary/aromatic N) is 1. The number of hydrogen-bond acceptors (Lipinski definition) is 4. The first-order valence-corrected chi connectivity index (χ1v) is 7.44. The lowest BCUT2D eigenvalue weighted by molar-refractivity contribution is 0.454. The van der Waals surface area contributed by atoms with Gasteiger partial charge in [0.15, 0.2) is 0 Å². The Labute approximate surface area is 125 Å². The maximum atomic E-state index is 12.3. The fourth-order valence-electron chi connectivity index (χ4n) is 2.17. The maximum Gasteiger partial charge on any atom is 0.262 e. The molecule has 4 nitrogen and oxygen atoms in total. The molecule has 106 valence electrons. The highest BCUT2D eigenvalue weighted by Gasteiger charge is 2.15. The molecule has 1 aromatic carbocycles. The molecule has 0 aliphatic rings. The number of thiophene rings is 1. The van der Waals surface area contributed by atoms with E-state index in [-0.39, 0.29) is 17.0 Å². The fraction of sp³-hybridized carbons (Fsp3) is 0.125. The van der Waals surface area contributed by atoms with E-state index in [0.717, 1.165) is 16.7 Å². The Balaban J connectivity index is 2.15. The molecule has 0 saturated carbocycles. The molecule has 0 bridgehead atoms. The topological polar surface area (TPSA) is 66.0 Å². The number of aromatic amines is 1. The average Bonchev–Trinajstić information content (AvgIpc) is 2.86. The van der Waals surface area contributed by atoms with Crippen LogP contribution in [0.1, 0.15) is 11.1 Å². The molecule has 0 unspecified atom stereocenters. The molecule has 0 aliphatic heterocycles. The van der Waals surface area contributed by atoms with Crippen LogP contribution in [0.4, 0.5) is 0 Å². The molecule has 0 spiro atoms. The third-order valence-electron chi connectivity index (χ3n) is 3.35. The highest BCUT2D eigenvalue weighted by molar-refractivity contribution is 7.08. The second-order valence-electron chi connectivity index (χ2n) is 4.95. The van der Waals surface area contributed by atoms with E-state index in [4.69, 9.17) is 0 Å². The number of nitrogens with one attached hydrogen (secondary N) is 1. The highest BCUT2D eigenvalue weighted by Crippen LogP contribution is 2.28. The van der Waals surface area contributed by atoms with Gasteiger partial charge in [-0.15, -0.1) is 0 Å². The number of aromatic nitrogens is 2. The number of hydrogen-bond donors (Lipinski definition) is 2. The van der Waals surface area contributed by atoms with E-state index in [1.807, 2.05) is 36.7 Å². The van der Waals surface area contributed by atoms with Gasteiger partial charge in [0.1, 0.15) is 11.4 Å². The normalized spacial score (nSPS) is 10.8. The minimum absolute atomic E-state index is 0.201. The van der Waals surface area contributed by atoms with Crippen molar-refractivity contribution in [1.29, 1.82) is 0 Å². The summed E-state index contributed by atoms with van der Waals surface area (Å²) < 4.78 is 0. The molecule has 0 fully saturated rings. The lowest BCUT2D eigenvalue weighted by Crippen LogP contribution is -2.12. The highest BCUT2D eigenvalue weighted by atomic mass is 32.1. The summed E-state index contributed by atoms with van der Waals surface area (Å²) in [4.78, 5) is 19.2. The number of aryl methyl sites for hydroxylation is 2. The van der Waals surface area contributed by atoms with E-state index < -0.39 is 0 Å². The Morgan fingerprint density at radius 2 is 1.86 bits per heavy atom. The molecule has 0 saturated heterocycles. The quantitative estimate of drug-likeness (QED) is 0.761. The van der Waals surface area contributed by atoms with Gasteiger partial charge in [-0.3, -0.25) is 4.79 Å². The van der Waals surface area contributed by atoms with Gasteiger partial charge in [0.05, 0.1) is 0 Å². The molecule has 2 aromatic heterocycles. The summed E-state index contributed by atoms with van der Waals surface area (Å²) in [7, 11) is 0. The lowest BCUT2D eigenvalue weighted by Gasteiger charge is -2.06. The van der Waals surface area contributed by atoms with Gasteiger partial charge in [0.25, 0.3) is 5.56 Å². The summed E-state index contributed by atoms with van der Waals surface area (Å²) in [5.41, 5.74) is 3.46. The van der Waals surface area contributed by atoms with Crippen LogP contribution in [0, 0.1) is 13.8 Å². The van der Waals surface area contributed by atoms with Crippen molar-refractivity contribution in [3.8, 4) is 28.4 Å². The van der Waals surface area contributed by atoms with Crippen LogP contribution in [0.15, 0.2) is 39.8 Å². The zero-order valence-electron chi connectivity index (χ0n) is 11.7. The summed E-state index contributed by atoms with van der Waals surface area (Å²) in [5, 5.41) is 14.0. The lowest BCUT2D eigenvalue weighted by atomic mass is 10.1. The minimum atomic E-state index is -0.341. The molecule has 0 radical (unpaired) electrons. The van der Waals surface area contributed by atoms with E-state index in [1.54, 1.807) is 12.1 Å². The third kappa shape index (κ3) is 2.48. The van der Waals surface area contributed by atoms with Gasteiger partial charge in [-0.05, 0) is 30.4 Å². The summed E-state index contributed by atoms with van der Waals surface area (Å²) in [5.74, 6) is 0.148. The van der Waals surface area contributed by atoms with Gasteiger partial charge in [0.2, 0.25) is 5.88 Å². The van der Waals surface area contributed by atoms with E-state index in [0.29, 0.717) is 11.4 Å². The van der Waals surface area contributed by atoms with Crippen molar-refractivity contribution in [3.05, 3.63) is 56.5 Å². The van der Waals surface area contributed by atoms with Crippen LogP contribution in [-0.4, -0.2) is 15.1 Å². The molecule has 21 heavy (non-hydrogen) atoms. The molecule has 2 N–H and O–H groups in total. The summed E-state index contributed by atoms with van der Waals surface area (Å²) in [6.45, 7) is 3.91. The second-order valence-corrected chi connectivity index (χ2v) is 5.69. The standard InChI is InChI=1S/C16H14N2O2S/c1-9-3-5-11(6-4-9)13-15(19)17-14(18-16(13)20)12-8-21-7-10(12)2/h3-8H,1-2H3,(H2,17,18,19,20). The van der Waals surface area contributed by atoms with Gasteiger partial charge in [-0.25, -0.2) is 0 Å². The molecular weight excluding hydrogens is 284 g/mol. The Kier molecular flexibility index (Phi) is 3.35. The van der Waals surface area contributed by atoms with Gasteiger partial charge >= 0.3 is 0 Å². The predicted octanol–water partition coefficient (Wildman–Crippen LogP) is 3.49. The van der Waals surface area contributed by atoms with Crippen molar-refractivity contribution >= 4 is 11.3 Å². The SMILES string of the molecule is Cc1ccc(-c2c(O)nc(-c3cscc3C)[nH]c2=O)cc1. The monoisotopic (exact) mass is 298 g/mol. The first kappa shape index (κ1) is 13.6. The number of aromatic hydroxyl groups is 1. The van der Waals surface area contributed by atoms with Crippen molar-refractivity contribution in [3.63, 3.8) is 0 Å². The number of H-pyrrole nitrogens is 1. The number of benzene rings is 1. The van der Waals surface area contributed by atoms with E-state index in [9.17, 15) is 9.90 Å². The van der Waals surface area contributed by atoms with Gasteiger partial charge in [0, 0.05) is 10.9 Å². The predicted molar refractivity (Wildman–Crippen MR) is 84.7 cm³/mol. The summed E-state index contributed by atoms with van der Waals surface area (Å²) >= 11 is 1.53. The van der Waals surface area contributed by atoms with Gasteiger partial charge < -0.3 is 10.1 Å². The van der Waals surface area contributed by atoms with Crippen LogP contribution in [-0.2, 0) is 0 Å². The first-order chi connectivity index (χ1) is 10.1. The van der Waals surface area contributed by atoms with Gasteiger partial charge in [-0.2, -0.15) is 16.3 Å². The van der Waals surface area contributed by atoms with Crippen LogP contribution in [0.25, 0.3) is 22.5 Å². The van der Waals surface area contributed by atoms with Crippen LogP contribution in [0.5, 0.6) is 5.88 Å². The Hall–Kier alpha value is -2.40. The number of rotatable bonds is 2. The van der Waals surface area contributed by atoms with Crippen molar-refractivity contribution in [1.82, 2.24) is 9.97 Å².